The van der Waals surface area contributed by atoms with Crippen LogP contribution >= 0.6 is 15.9 Å². The van der Waals surface area contributed by atoms with Gasteiger partial charge in [0.1, 0.15) is 5.82 Å². The quantitative estimate of drug-likeness (QED) is 0.542. The minimum Gasteiger partial charge on any atom is -0.206 e. The van der Waals surface area contributed by atoms with Crippen molar-refractivity contribution in [2.45, 2.75) is 31.3 Å². The van der Waals surface area contributed by atoms with Gasteiger partial charge in [0.25, 0.3) is 0 Å². The van der Waals surface area contributed by atoms with Gasteiger partial charge in [0, 0.05) is 4.83 Å². The maximum absolute atomic E-state index is 13.3. The molecular weight excluding hydrogens is 288 g/mol. The van der Waals surface area contributed by atoms with Gasteiger partial charge in [-0.2, -0.15) is 13.2 Å². The fraction of sp³-hybridized carbons (Fsp3) is 0.455. The van der Waals surface area contributed by atoms with E-state index in [0.717, 1.165) is 0 Å². The summed E-state index contributed by atoms with van der Waals surface area (Å²) in [7, 11) is 0. The lowest BCUT2D eigenvalue weighted by Crippen LogP contribution is -2.10. The van der Waals surface area contributed by atoms with Crippen molar-refractivity contribution in [3.63, 3.8) is 0 Å². The Morgan fingerprint density at radius 1 is 1.19 bits per heavy atom. The minimum absolute atomic E-state index is 0.363. The third kappa shape index (κ3) is 3.47. The molecule has 16 heavy (non-hydrogen) atoms. The Kier molecular flexibility index (Phi) is 3.99. The third-order valence-electron chi connectivity index (χ3n) is 2.23. The maximum atomic E-state index is 13.3. The average molecular weight is 299 g/mol. The van der Waals surface area contributed by atoms with Crippen LogP contribution in [0.4, 0.5) is 17.6 Å². The number of hydrogen-bond acceptors (Lipinski definition) is 0. The second kappa shape index (κ2) is 4.73. The highest BCUT2D eigenvalue weighted by atomic mass is 79.9. The van der Waals surface area contributed by atoms with Crippen LogP contribution in [0.5, 0.6) is 0 Å². The van der Waals surface area contributed by atoms with E-state index in [2.05, 4.69) is 15.9 Å². The molecule has 0 aliphatic carbocycles. The predicted molar refractivity (Wildman–Crippen MR) is 58.2 cm³/mol. The molecule has 0 heterocycles. The van der Waals surface area contributed by atoms with Crippen LogP contribution in [0.15, 0.2) is 12.1 Å². The SMILES string of the molecule is Cc1cc(C(Br)CC(F)(F)F)cc(C)c1F. The standard InChI is InChI=1S/C11H11BrF4/c1-6-3-8(4-7(2)10(6)13)9(12)5-11(14,15)16/h3-4,9H,5H2,1-2H3. The van der Waals surface area contributed by atoms with Crippen LogP contribution in [0.25, 0.3) is 0 Å². The molecule has 0 radical (unpaired) electrons. The van der Waals surface area contributed by atoms with E-state index < -0.39 is 17.4 Å². The normalized spacial score (nSPS) is 13.9. The summed E-state index contributed by atoms with van der Waals surface area (Å²) in [5, 5.41) is 0. The maximum Gasteiger partial charge on any atom is 0.390 e. The van der Waals surface area contributed by atoms with Gasteiger partial charge in [0.15, 0.2) is 0 Å². The highest BCUT2D eigenvalue weighted by Crippen LogP contribution is 2.36. The van der Waals surface area contributed by atoms with Crippen LogP contribution < -0.4 is 0 Å². The van der Waals surface area contributed by atoms with E-state index >= 15 is 0 Å². The Labute approximate surface area is 99.8 Å². The zero-order valence-corrected chi connectivity index (χ0v) is 10.4. The molecule has 5 heteroatoms. The summed E-state index contributed by atoms with van der Waals surface area (Å²) in [6.07, 6.45) is -5.19. The van der Waals surface area contributed by atoms with Gasteiger partial charge in [0.2, 0.25) is 0 Å². The van der Waals surface area contributed by atoms with E-state index in [4.69, 9.17) is 0 Å². The largest absolute Gasteiger partial charge is 0.390 e. The lowest BCUT2D eigenvalue weighted by Gasteiger charge is -2.14. The van der Waals surface area contributed by atoms with Gasteiger partial charge < -0.3 is 0 Å². The van der Waals surface area contributed by atoms with E-state index in [1.807, 2.05) is 0 Å². The fourth-order valence-corrected chi connectivity index (χ4v) is 2.11. The minimum atomic E-state index is -4.23. The first-order valence-corrected chi connectivity index (χ1v) is 5.59. The Balaban J connectivity index is 2.97. The van der Waals surface area contributed by atoms with Gasteiger partial charge in [-0.05, 0) is 30.5 Å². The van der Waals surface area contributed by atoms with Crippen LogP contribution in [0.2, 0.25) is 0 Å². The van der Waals surface area contributed by atoms with Gasteiger partial charge in [-0.25, -0.2) is 4.39 Å². The zero-order valence-electron chi connectivity index (χ0n) is 8.83. The van der Waals surface area contributed by atoms with Crippen molar-refractivity contribution in [2.75, 3.05) is 0 Å². The first-order valence-electron chi connectivity index (χ1n) is 4.68. The monoisotopic (exact) mass is 298 g/mol. The molecule has 0 bridgehead atoms. The molecule has 0 N–H and O–H groups in total. The number of aryl methyl sites for hydroxylation is 2. The summed E-state index contributed by atoms with van der Waals surface area (Å²) in [5.74, 6) is -0.365. The van der Waals surface area contributed by atoms with Crippen molar-refractivity contribution < 1.29 is 17.6 Å². The van der Waals surface area contributed by atoms with E-state index in [1.165, 1.54) is 12.1 Å². The molecule has 1 aromatic rings. The molecule has 0 spiro atoms. The van der Waals surface area contributed by atoms with Crippen LogP contribution in [0.1, 0.15) is 27.9 Å². The molecule has 0 nitrogen and oxygen atoms in total. The number of rotatable bonds is 2. The van der Waals surface area contributed by atoms with Crippen molar-refractivity contribution >= 4 is 15.9 Å². The van der Waals surface area contributed by atoms with Crippen molar-refractivity contribution in [1.29, 1.82) is 0 Å². The first-order chi connectivity index (χ1) is 7.20. The van der Waals surface area contributed by atoms with Crippen molar-refractivity contribution in [2.24, 2.45) is 0 Å². The van der Waals surface area contributed by atoms with E-state index in [1.54, 1.807) is 13.8 Å². The summed E-state index contributed by atoms with van der Waals surface area (Å²) >= 11 is 2.97. The van der Waals surface area contributed by atoms with Gasteiger partial charge in [0.05, 0.1) is 6.42 Å². The second-order valence-electron chi connectivity index (χ2n) is 3.76. The molecular formula is C11H11BrF4. The molecule has 0 aliphatic rings. The third-order valence-corrected chi connectivity index (χ3v) is 3.08. The Hall–Kier alpha value is -0.580. The molecule has 1 aromatic carbocycles. The molecule has 0 aliphatic heterocycles. The van der Waals surface area contributed by atoms with Crippen LogP contribution in [-0.2, 0) is 0 Å². The molecule has 1 atom stereocenters. The molecule has 0 fully saturated rings. The Morgan fingerprint density at radius 2 is 1.62 bits per heavy atom. The molecule has 0 aromatic heterocycles. The average Bonchev–Trinajstić information content (AvgIpc) is 2.10. The zero-order chi connectivity index (χ0) is 12.5. The summed E-state index contributed by atoms with van der Waals surface area (Å²) < 4.78 is 49.8. The number of benzene rings is 1. The van der Waals surface area contributed by atoms with Crippen LogP contribution in [0.3, 0.4) is 0 Å². The highest BCUT2D eigenvalue weighted by Gasteiger charge is 2.31. The number of hydrogen-bond donors (Lipinski definition) is 0. The van der Waals surface area contributed by atoms with Crippen molar-refractivity contribution in [3.05, 3.63) is 34.6 Å². The molecule has 1 rings (SSSR count). The Bertz CT molecular complexity index is 361. The molecule has 1 unspecified atom stereocenters. The summed E-state index contributed by atoms with van der Waals surface area (Å²) in [5.41, 5.74) is 1.18. The lowest BCUT2D eigenvalue weighted by molar-refractivity contribution is -0.134. The highest BCUT2D eigenvalue weighted by molar-refractivity contribution is 9.09. The van der Waals surface area contributed by atoms with Crippen molar-refractivity contribution in [3.8, 4) is 0 Å². The Morgan fingerprint density at radius 3 is 2.00 bits per heavy atom. The van der Waals surface area contributed by atoms with E-state index in [9.17, 15) is 17.6 Å². The molecule has 0 saturated heterocycles. The number of halogens is 5. The van der Waals surface area contributed by atoms with Crippen LogP contribution in [0, 0.1) is 19.7 Å². The smallest absolute Gasteiger partial charge is 0.206 e. The molecule has 90 valence electrons. The molecule has 0 amide bonds. The molecule has 0 saturated carbocycles. The van der Waals surface area contributed by atoms with E-state index in [-0.39, 0.29) is 5.82 Å². The fourth-order valence-electron chi connectivity index (χ4n) is 1.48. The van der Waals surface area contributed by atoms with E-state index in [0.29, 0.717) is 16.7 Å². The van der Waals surface area contributed by atoms with Gasteiger partial charge in [-0.1, -0.05) is 28.1 Å². The van der Waals surface area contributed by atoms with Gasteiger partial charge >= 0.3 is 6.18 Å². The van der Waals surface area contributed by atoms with Gasteiger partial charge in [-0.15, -0.1) is 0 Å². The summed E-state index contributed by atoms with van der Waals surface area (Å²) in [6, 6.07) is 2.88. The first kappa shape index (κ1) is 13.5. The topological polar surface area (TPSA) is 0 Å². The summed E-state index contributed by atoms with van der Waals surface area (Å²) in [6.45, 7) is 3.08. The lowest BCUT2D eigenvalue weighted by atomic mass is 10.0. The van der Waals surface area contributed by atoms with Crippen molar-refractivity contribution in [1.82, 2.24) is 0 Å². The second-order valence-corrected chi connectivity index (χ2v) is 4.86. The summed E-state index contributed by atoms with van der Waals surface area (Å²) in [4.78, 5) is -0.828. The predicted octanol–water partition coefficient (Wildman–Crippen LogP) is 4.83. The van der Waals surface area contributed by atoms with Gasteiger partial charge in [-0.3, -0.25) is 0 Å². The van der Waals surface area contributed by atoms with Crippen LogP contribution in [-0.4, -0.2) is 6.18 Å². The number of alkyl halides is 4.